The van der Waals surface area contributed by atoms with Crippen LogP contribution in [0, 0.1) is 11.6 Å². The van der Waals surface area contributed by atoms with E-state index in [4.69, 9.17) is 23.2 Å². The molecule has 0 radical (unpaired) electrons. The van der Waals surface area contributed by atoms with Gasteiger partial charge < -0.3 is 10.6 Å². The normalized spacial score (nSPS) is 13.1. The van der Waals surface area contributed by atoms with Crippen molar-refractivity contribution >= 4 is 40.5 Å². The highest BCUT2D eigenvalue weighted by Gasteiger charge is 2.24. The van der Waals surface area contributed by atoms with Crippen molar-refractivity contribution in [3.63, 3.8) is 0 Å². The molecule has 2 heterocycles. The number of carbonyl (C=O) groups excluding carboxylic acids is 1. The van der Waals surface area contributed by atoms with Gasteiger partial charge in [-0.2, -0.15) is 10.2 Å². The minimum Gasteiger partial charge on any atom is -0.382 e. The van der Waals surface area contributed by atoms with Crippen LogP contribution < -0.4 is 10.6 Å². The highest BCUT2D eigenvalue weighted by molar-refractivity contribution is 6.35. The van der Waals surface area contributed by atoms with Crippen LogP contribution in [-0.4, -0.2) is 31.9 Å². The van der Waals surface area contributed by atoms with Crippen molar-refractivity contribution in [2.24, 2.45) is 0 Å². The molecule has 2 aromatic carbocycles. The summed E-state index contributed by atoms with van der Waals surface area (Å²) in [7, 11) is 0. The Morgan fingerprint density at radius 2 is 1.76 bits per heavy atom. The zero-order valence-corrected chi connectivity index (χ0v) is 18.9. The number of pyridine rings is 1. The van der Waals surface area contributed by atoms with Crippen LogP contribution >= 0.6 is 23.2 Å². The highest BCUT2D eigenvalue weighted by Crippen LogP contribution is 2.36. The highest BCUT2D eigenvalue weighted by atomic mass is 35.5. The molecular formula is C23H16Cl2F2N6O. The molecule has 11 heteroatoms. The molecule has 0 unspecified atom stereocenters. The topological polar surface area (TPSA) is 84.7 Å². The van der Waals surface area contributed by atoms with E-state index < -0.39 is 17.5 Å². The SMILES string of the molecule is O=C(Nc1cnc(-n2nccn2)c(Cl)c1)c1cc(F)c(-c2ccc(F)cc2NC2CC2)cc1Cl. The fourth-order valence-corrected chi connectivity index (χ4v) is 3.91. The fraction of sp³-hybridized carbons (Fsp3) is 0.130. The van der Waals surface area contributed by atoms with Crippen LogP contribution in [0.25, 0.3) is 16.9 Å². The van der Waals surface area contributed by atoms with E-state index in [1.54, 1.807) is 0 Å². The zero-order chi connectivity index (χ0) is 23.8. The molecule has 1 saturated carbocycles. The van der Waals surface area contributed by atoms with Gasteiger partial charge in [0.25, 0.3) is 5.91 Å². The van der Waals surface area contributed by atoms with Gasteiger partial charge in [0.2, 0.25) is 0 Å². The Bertz CT molecular complexity index is 1390. The Hall–Kier alpha value is -3.56. The van der Waals surface area contributed by atoms with Gasteiger partial charge in [0.05, 0.1) is 39.9 Å². The third kappa shape index (κ3) is 4.57. The lowest BCUT2D eigenvalue weighted by molar-refractivity contribution is 0.102. The van der Waals surface area contributed by atoms with Crippen molar-refractivity contribution < 1.29 is 13.6 Å². The fourth-order valence-electron chi connectivity index (χ4n) is 3.42. The summed E-state index contributed by atoms with van der Waals surface area (Å²) in [5.41, 5.74) is 1.29. The first-order valence-corrected chi connectivity index (χ1v) is 11.0. The van der Waals surface area contributed by atoms with Crippen LogP contribution in [0.3, 0.4) is 0 Å². The van der Waals surface area contributed by atoms with Gasteiger partial charge in [-0.05, 0) is 49.2 Å². The van der Waals surface area contributed by atoms with Gasteiger partial charge in [-0.1, -0.05) is 23.2 Å². The smallest absolute Gasteiger partial charge is 0.257 e. The van der Waals surface area contributed by atoms with E-state index in [0.717, 1.165) is 18.9 Å². The van der Waals surface area contributed by atoms with E-state index in [9.17, 15) is 9.18 Å². The van der Waals surface area contributed by atoms with Crippen LogP contribution in [0.4, 0.5) is 20.2 Å². The van der Waals surface area contributed by atoms with E-state index in [2.05, 4.69) is 25.8 Å². The molecule has 5 rings (SSSR count). The second-order valence-electron chi connectivity index (χ2n) is 7.72. The Labute approximate surface area is 202 Å². The predicted molar refractivity (Wildman–Crippen MR) is 126 cm³/mol. The lowest BCUT2D eigenvalue weighted by atomic mass is 10.0. The molecule has 2 N–H and O–H groups in total. The van der Waals surface area contributed by atoms with Gasteiger partial charge in [0.15, 0.2) is 5.82 Å². The number of halogens is 4. The number of nitrogens with zero attached hydrogens (tertiary/aromatic N) is 4. The predicted octanol–water partition coefficient (Wildman–Crippen LogP) is 5.74. The maximum atomic E-state index is 15.1. The van der Waals surface area contributed by atoms with Crippen molar-refractivity contribution in [1.82, 2.24) is 20.0 Å². The molecule has 0 spiro atoms. The standard InChI is InChI=1S/C23H16Cl2F2N6O/c24-18-9-16(15-4-1-12(26)7-21(15)31-13-2-3-13)20(27)10-17(18)23(34)32-14-8-19(25)22(28-11-14)33-29-5-6-30-33/h1,4-11,13,31H,2-3H2,(H,32,34). The van der Waals surface area contributed by atoms with Crippen LogP contribution in [0.15, 0.2) is 55.0 Å². The second-order valence-corrected chi connectivity index (χ2v) is 8.54. The molecule has 0 aliphatic heterocycles. The Kier molecular flexibility index (Phi) is 5.89. The number of carbonyl (C=O) groups is 1. The van der Waals surface area contributed by atoms with Gasteiger partial charge in [0, 0.05) is 22.9 Å². The minimum atomic E-state index is -0.670. The van der Waals surface area contributed by atoms with E-state index in [0.29, 0.717) is 11.3 Å². The van der Waals surface area contributed by atoms with E-state index >= 15 is 4.39 Å². The van der Waals surface area contributed by atoms with Gasteiger partial charge in [-0.3, -0.25) is 4.79 Å². The van der Waals surface area contributed by atoms with Gasteiger partial charge in [0.1, 0.15) is 11.6 Å². The molecule has 1 fully saturated rings. The van der Waals surface area contributed by atoms with Gasteiger partial charge >= 0.3 is 0 Å². The van der Waals surface area contributed by atoms with Crippen molar-refractivity contribution in [2.75, 3.05) is 10.6 Å². The van der Waals surface area contributed by atoms with Crippen LogP contribution in [0.1, 0.15) is 23.2 Å². The quantitative estimate of drug-likeness (QED) is 0.352. The largest absolute Gasteiger partial charge is 0.382 e. The summed E-state index contributed by atoms with van der Waals surface area (Å²) < 4.78 is 28.9. The van der Waals surface area contributed by atoms with Crippen molar-refractivity contribution in [3.8, 4) is 16.9 Å². The summed E-state index contributed by atoms with van der Waals surface area (Å²) in [6.07, 6.45) is 6.26. The molecular weight excluding hydrogens is 485 g/mol. The molecule has 1 aliphatic rings. The van der Waals surface area contributed by atoms with Gasteiger partial charge in [-0.25, -0.2) is 13.8 Å². The third-order valence-corrected chi connectivity index (χ3v) is 5.79. The number of hydrogen-bond acceptors (Lipinski definition) is 5. The summed E-state index contributed by atoms with van der Waals surface area (Å²) >= 11 is 12.6. The molecule has 172 valence electrons. The van der Waals surface area contributed by atoms with Crippen molar-refractivity contribution in [3.05, 3.63) is 82.2 Å². The van der Waals surface area contributed by atoms with E-state index in [-0.39, 0.29) is 38.7 Å². The number of rotatable bonds is 6. The average Bonchev–Trinajstić information content (AvgIpc) is 3.44. The molecule has 7 nitrogen and oxygen atoms in total. The Morgan fingerprint density at radius 3 is 2.47 bits per heavy atom. The maximum absolute atomic E-state index is 15.1. The molecule has 0 bridgehead atoms. The first kappa shape index (κ1) is 22.2. The average molecular weight is 501 g/mol. The lowest BCUT2D eigenvalue weighted by Gasteiger charge is -2.14. The summed E-state index contributed by atoms with van der Waals surface area (Å²) in [5.74, 6) is -1.46. The Morgan fingerprint density at radius 1 is 1.00 bits per heavy atom. The monoisotopic (exact) mass is 500 g/mol. The number of anilines is 2. The summed E-state index contributed by atoms with van der Waals surface area (Å²) in [4.78, 5) is 18.2. The summed E-state index contributed by atoms with van der Waals surface area (Å²) in [6.45, 7) is 0. The molecule has 4 aromatic rings. The molecule has 0 atom stereocenters. The Balaban J connectivity index is 1.41. The van der Waals surface area contributed by atoms with Crippen LogP contribution in [-0.2, 0) is 0 Å². The first-order valence-electron chi connectivity index (χ1n) is 10.3. The summed E-state index contributed by atoms with van der Waals surface area (Å²) in [5, 5.41) is 14.0. The number of benzene rings is 2. The molecule has 2 aromatic heterocycles. The minimum absolute atomic E-state index is 0.0343. The molecule has 1 aliphatic carbocycles. The second kappa shape index (κ2) is 9.00. The third-order valence-electron chi connectivity index (χ3n) is 5.20. The van der Waals surface area contributed by atoms with E-state index in [1.807, 2.05) is 0 Å². The van der Waals surface area contributed by atoms with Crippen molar-refractivity contribution in [1.29, 1.82) is 0 Å². The van der Waals surface area contributed by atoms with E-state index in [1.165, 1.54) is 53.7 Å². The number of amides is 1. The zero-order valence-electron chi connectivity index (χ0n) is 17.4. The number of aromatic nitrogens is 4. The number of nitrogens with one attached hydrogen (secondary N) is 2. The van der Waals surface area contributed by atoms with Crippen LogP contribution in [0.5, 0.6) is 0 Å². The molecule has 0 saturated heterocycles. The van der Waals surface area contributed by atoms with Gasteiger partial charge in [-0.15, -0.1) is 4.80 Å². The van der Waals surface area contributed by atoms with Crippen molar-refractivity contribution in [2.45, 2.75) is 18.9 Å². The molecule has 1 amide bonds. The first-order chi connectivity index (χ1) is 16.4. The lowest BCUT2D eigenvalue weighted by Crippen LogP contribution is -2.14. The number of hydrogen-bond donors (Lipinski definition) is 2. The maximum Gasteiger partial charge on any atom is 0.257 e. The summed E-state index contributed by atoms with van der Waals surface area (Å²) in [6, 6.07) is 8.17. The van der Waals surface area contributed by atoms with Crippen LogP contribution in [0.2, 0.25) is 10.0 Å². The molecule has 34 heavy (non-hydrogen) atoms.